The highest BCUT2D eigenvalue weighted by Crippen LogP contribution is 2.36. The van der Waals surface area contributed by atoms with Gasteiger partial charge in [-0.3, -0.25) is 4.90 Å². The van der Waals surface area contributed by atoms with Crippen molar-refractivity contribution >= 4 is 34.1 Å². The molecule has 0 spiro atoms. The second kappa shape index (κ2) is 7.51. The van der Waals surface area contributed by atoms with Crippen LogP contribution in [0, 0.1) is 0 Å². The van der Waals surface area contributed by atoms with Gasteiger partial charge in [0.15, 0.2) is 5.75 Å². The summed E-state index contributed by atoms with van der Waals surface area (Å²) in [6, 6.07) is 5.15. The molecule has 0 aliphatic rings. The molecule has 1 aromatic carbocycles. The number of pyridine rings is 1. The molecule has 2 heterocycles. The number of aromatic hydroxyl groups is 1. The molecular formula is C16H16Cl2FN5O. The quantitative estimate of drug-likeness (QED) is 0.705. The van der Waals surface area contributed by atoms with Crippen molar-refractivity contribution in [3.8, 4) is 5.75 Å². The minimum atomic E-state index is -0.478. The highest BCUT2D eigenvalue weighted by atomic mass is 35.5. The standard InChI is InChI=1S/C16H16Cl2FN5O/c1-23(8-11-9-24(5-4-19)22-21-11)7-10-2-3-12-13(17)6-14(18)16(25)15(12)20-10/h2-3,6,9,25H,4-5,7-8H2,1H3. The van der Waals surface area contributed by atoms with Crippen molar-refractivity contribution in [3.05, 3.63) is 45.8 Å². The minimum Gasteiger partial charge on any atom is -0.504 e. The van der Waals surface area contributed by atoms with E-state index in [9.17, 15) is 9.50 Å². The third kappa shape index (κ3) is 4.00. The van der Waals surface area contributed by atoms with Crippen LogP contribution in [0.4, 0.5) is 4.39 Å². The molecular weight excluding hydrogens is 368 g/mol. The van der Waals surface area contributed by atoms with Crippen LogP contribution in [0.5, 0.6) is 5.75 Å². The van der Waals surface area contributed by atoms with Crippen LogP contribution < -0.4 is 0 Å². The van der Waals surface area contributed by atoms with Crippen LogP contribution in [-0.2, 0) is 19.6 Å². The topological polar surface area (TPSA) is 67.1 Å². The van der Waals surface area contributed by atoms with Gasteiger partial charge < -0.3 is 5.11 Å². The summed E-state index contributed by atoms with van der Waals surface area (Å²) in [5.41, 5.74) is 1.86. The van der Waals surface area contributed by atoms with E-state index in [1.54, 1.807) is 12.3 Å². The van der Waals surface area contributed by atoms with Gasteiger partial charge in [0, 0.05) is 24.7 Å². The van der Waals surface area contributed by atoms with E-state index in [2.05, 4.69) is 15.3 Å². The van der Waals surface area contributed by atoms with E-state index in [-0.39, 0.29) is 17.3 Å². The molecule has 0 aliphatic carbocycles. The van der Waals surface area contributed by atoms with Crippen LogP contribution in [0.25, 0.3) is 10.9 Å². The first-order chi connectivity index (χ1) is 12.0. The summed E-state index contributed by atoms with van der Waals surface area (Å²) >= 11 is 12.1. The Morgan fingerprint density at radius 1 is 1.20 bits per heavy atom. The summed E-state index contributed by atoms with van der Waals surface area (Å²) in [5.74, 6) is -0.0836. The first-order valence-corrected chi connectivity index (χ1v) is 8.33. The van der Waals surface area contributed by atoms with E-state index < -0.39 is 6.67 Å². The van der Waals surface area contributed by atoms with E-state index in [1.807, 2.05) is 18.0 Å². The Balaban J connectivity index is 1.76. The summed E-state index contributed by atoms with van der Waals surface area (Å²) in [7, 11) is 1.91. The molecule has 0 atom stereocenters. The molecule has 0 fully saturated rings. The molecule has 0 saturated carbocycles. The molecule has 132 valence electrons. The SMILES string of the molecule is CN(Cc1cn(CCF)nn1)Cc1ccc2c(Cl)cc(Cl)c(O)c2n1. The van der Waals surface area contributed by atoms with Gasteiger partial charge in [0.1, 0.15) is 12.2 Å². The van der Waals surface area contributed by atoms with Gasteiger partial charge in [-0.15, -0.1) is 5.10 Å². The molecule has 9 heteroatoms. The molecule has 0 unspecified atom stereocenters. The van der Waals surface area contributed by atoms with E-state index in [1.165, 1.54) is 10.7 Å². The lowest BCUT2D eigenvalue weighted by Crippen LogP contribution is -2.18. The number of halogens is 3. The van der Waals surface area contributed by atoms with Crippen molar-refractivity contribution in [2.24, 2.45) is 0 Å². The number of alkyl halides is 1. The third-order valence-electron chi connectivity index (χ3n) is 3.68. The summed E-state index contributed by atoms with van der Waals surface area (Å²) < 4.78 is 13.8. The molecule has 3 aromatic rings. The fourth-order valence-electron chi connectivity index (χ4n) is 2.55. The van der Waals surface area contributed by atoms with Gasteiger partial charge in [0.05, 0.1) is 28.0 Å². The Bertz CT molecular complexity index is 902. The van der Waals surface area contributed by atoms with Gasteiger partial charge >= 0.3 is 0 Å². The molecule has 6 nitrogen and oxygen atoms in total. The van der Waals surface area contributed by atoms with Gasteiger partial charge in [0.25, 0.3) is 0 Å². The van der Waals surface area contributed by atoms with Gasteiger partial charge in [0.2, 0.25) is 0 Å². The van der Waals surface area contributed by atoms with E-state index in [0.29, 0.717) is 29.0 Å². The lowest BCUT2D eigenvalue weighted by molar-refractivity contribution is 0.311. The zero-order chi connectivity index (χ0) is 18.0. The van der Waals surface area contributed by atoms with Gasteiger partial charge in [-0.1, -0.05) is 28.4 Å². The smallest absolute Gasteiger partial charge is 0.160 e. The van der Waals surface area contributed by atoms with Crippen molar-refractivity contribution in [3.63, 3.8) is 0 Å². The van der Waals surface area contributed by atoms with Crippen LogP contribution >= 0.6 is 23.2 Å². The molecule has 0 amide bonds. The maximum absolute atomic E-state index is 12.3. The number of hydrogen-bond acceptors (Lipinski definition) is 5. The average molecular weight is 384 g/mol. The lowest BCUT2D eigenvalue weighted by atomic mass is 10.2. The Morgan fingerprint density at radius 2 is 1.96 bits per heavy atom. The Morgan fingerprint density at radius 3 is 2.72 bits per heavy atom. The Kier molecular flexibility index (Phi) is 5.36. The average Bonchev–Trinajstić information content (AvgIpc) is 3.00. The molecule has 0 saturated heterocycles. The van der Waals surface area contributed by atoms with Gasteiger partial charge in [-0.2, -0.15) is 0 Å². The van der Waals surface area contributed by atoms with Crippen molar-refractivity contribution in [2.45, 2.75) is 19.6 Å². The van der Waals surface area contributed by atoms with Gasteiger partial charge in [-0.05, 0) is 25.2 Å². The molecule has 2 aromatic heterocycles. The fourth-order valence-corrected chi connectivity index (χ4v) is 3.06. The maximum Gasteiger partial charge on any atom is 0.160 e. The Labute approximate surface area is 153 Å². The van der Waals surface area contributed by atoms with Crippen LogP contribution in [0.2, 0.25) is 10.0 Å². The van der Waals surface area contributed by atoms with Crippen LogP contribution in [0.1, 0.15) is 11.4 Å². The highest BCUT2D eigenvalue weighted by Gasteiger charge is 2.13. The maximum atomic E-state index is 12.3. The van der Waals surface area contributed by atoms with Crippen molar-refractivity contribution in [2.75, 3.05) is 13.7 Å². The summed E-state index contributed by atoms with van der Waals surface area (Å²) in [5, 5.41) is 19.2. The second-order valence-corrected chi connectivity index (χ2v) is 6.54. The first-order valence-electron chi connectivity index (χ1n) is 7.58. The Hall–Kier alpha value is -1.96. The minimum absolute atomic E-state index is 0.0836. The number of aryl methyl sites for hydroxylation is 1. The zero-order valence-corrected chi connectivity index (χ0v) is 15.0. The molecule has 1 N–H and O–H groups in total. The zero-order valence-electron chi connectivity index (χ0n) is 13.5. The molecule has 0 aliphatic heterocycles. The summed E-state index contributed by atoms with van der Waals surface area (Å²) in [6.07, 6.45) is 1.72. The number of nitrogens with zero attached hydrogens (tertiary/aromatic N) is 5. The number of benzene rings is 1. The number of hydrogen-bond donors (Lipinski definition) is 1. The van der Waals surface area contributed by atoms with E-state index in [4.69, 9.17) is 23.2 Å². The number of rotatable bonds is 6. The number of fused-ring (bicyclic) bond motifs is 1. The monoisotopic (exact) mass is 383 g/mol. The molecule has 25 heavy (non-hydrogen) atoms. The predicted octanol–water partition coefficient (Wildman–Crippen LogP) is 3.44. The van der Waals surface area contributed by atoms with Gasteiger partial charge in [-0.25, -0.2) is 14.1 Å². The third-order valence-corrected chi connectivity index (χ3v) is 4.28. The first kappa shape index (κ1) is 17.8. The normalized spacial score (nSPS) is 11.6. The summed E-state index contributed by atoms with van der Waals surface area (Å²) in [6.45, 7) is 0.780. The fraction of sp³-hybridized carbons (Fsp3) is 0.312. The van der Waals surface area contributed by atoms with Crippen molar-refractivity contribution < 1.29 is 9.50 Å². The molecule has 0 radical (unpaired) electrons. The van der Waals surface area contributed by atoms with E-state index in [0.717, 1.165) is 11.4 Å². The summed E-state index contributed by atoms with van der Waals surface area (Å²) in [4.78, 5) is 6.45. The van der Waals surface area contributed by atoms with Crippen LogP contribution in [0.15, 0.2) is 24.4 Å². The van der Waals surface area contributed by atoms with Crippen LogP contribution in [0.3, 0.4) is 0 Å². The molecule has 3 rings (SSSR count). The lowest BCUT2D eigenvalue weighted by Gasteiger charge is -2.15. The molecule has 0 bridgehead atoms. The predicted molar refractivity (Wildman–Crippen MR) is 94.6 cm³/mol. The largest absolute Gasteiger partial charge is 0.504 e. The number of phenolic OH excluding ortho intramolecular Hbond substituents is 1. The second-order valence-electron chi connectivity index (χ2n) is 5.72. The van der Waals surface area contributed by atoms with E-state index >= 15 is 0 Å². The van der Waals surface area contributed by atoms with Crippen LogP contribution in [-0.4, -0.2) is 43.7 Å². The van der Waals surface area contributed by atoms with Crippen molar-refractivity contribution in [1.82, 2.24) is 24.9 Å². The van der Waals surface area contributed by atoms with Crippen molar-refractivity contribution in [1.29, 1.82) is 0 Å². The number of aromatic nitrogens is 4. The number of phenols is 1. The highest BCUT2D eigenvalue weighted by molar-refractivity contribution is 6.39.